The predicted octanol–water partition coefficient (Wildman–Crippen LogP) is 2.96. The van der Waals surface area contributed by atoms with E-state index in [0.29, 0.717) is 11.3 Å². The zero-order valence-corrected chi connectivity index (χ0v) is 13.1. The second-order valence-electron chi connectivity index (χ2n) is 5.87. The Morgan fingerprint density at radius 2 is 2.00 bits per heavy atom. The molecule has 5 nitrogen and oxygen atoms in total. The number of carbonyl (C=O) groups is 1. The molecule has 0 bridgehead atoms. The molecule has 5 heteroatoms. The van der Waals surface area contributed by atoms with Gasteiger partial charge < -0.3 is 14.6 Å². The van der Waals surface area contributed by atoms with Crippen LogP contribution >= 0.6 is 0 Å². The minimum absolute atomic E-state index is 0.212. The van der Waals surface area contributed by atoms with Crippen molar-refractivity contribution in [1.29, 1.82) is 0 Å². The van der Waals surface area contributed by atoms with Gasteiger partial charge in [-0.25, -0.2) is 0 Å². The normalized spacial score (nSPS) is 14.7. The van der Waals surface area contributed by atoms with Crippen LogP contribution in [0.5, 0.6) is 5.75 Å². The summed E-state index contributed by atoms with van der Waals surface area (Å²) in [6.07, 6.45) is 6.46. The van der Waals surface area contributed by atoms with Gasteiger partial charge in [0.15, 0.2) is 0 Å². The Balaban J connectivity index is 1.70. The molecule has 0 atom stereocenters. The summed E-state index contributed by atoms with van der Waals surface area (Å²) in [5, 5.41) is 2.80. The average molecular weight is 312 g/mol. The largest absolute Gasteiger partial charge is 0.490 e. The highest BCUT2D eigenvalue weighted by Gasteiger charge is 2.16. The Hall–Kier alpha value is -2.56. The van der Waals surface area contributed by atoms with E-state index >= 15 is 0 Å². The van der Waals surface area contributed by atoms with Crippen LogP contribution in [-0.2, 0) is 7.05 Å². The number of carbonyl (C=O) groups excluding carboxylic acids is 1. The lowest BCUT2D eigenvalue weighted by Crippen LogP contribution is -2.20. The molecule has 0 radical (unpaired) electrons. The second-order valence-corrected chi connectivity index (χ2v) is 5.87. The first-order valence-electron chi connectivity index (χ1n) is 7.86. The molecule has 1 heterocycles. The van der Waals surface area contributed by atoms with Gasteiger partial charge in [0.05, 0.1) is 6.10 Å². The molecule has 0 aliphatic heterocycles. The minimum Gasteiger partial charge on any atom is -0.490 e. The molecule has 1 fully saturated rings. The van der Waals surface area contributed by atoms with Crippen LogP contribution in [0.4, 0.5) is 5.69 Å². The highest BCUT2D eigenvalue weighted by Crippen LogP contribution is 2.25. The van der Waals surface area contributed by atoms with Crippen molar-refractivity contribution in [1.82, 2.24) is 4.57 Å². The van der Waals surface area contributed by atoms with Crippen LogP contribution in [0, 0.1) is 0 Å². The van der Waals surface area contributed by atoms with Gasteiger partial charge in [-0.05, 0) is 43.9 Å². The number of nitrogens with zero attached hydrogens (tertiary/aromatic N) is 1. The van der Waals surface area contributed by atoms with Gasteiger partial charge in [-0.15, -0.1) is 0 Å². The molecule has 1 N–H and O–H groups in total. The van der Waals surface area contributed by atoms with Crippen molar-refractivity contribution < 1.29 is 9.53 Å². The molecule has 0 spiro atoms. The van der Waals surface area contributed by atoms with Crippen molar-refractivity contribution in [2.45, 2.75) is 31.8 Å². The number of pyridine rings is 1. The number of benzene rings is 1. The molecule has 1 amide bonds. The van der Waals surface area contributed by atoms with Gasteiger partial charge in [0.25, 0.3) is 11.5 Å². The third-order valence-corrected chi connectivity index (χ3v) is 4.06. The molecule has 23 heavy (non-hydrogen) atoms. The van der Waals surface area contributed by atoms with Crippen LogP contribution in [0.15, 0.2) is 47.4 Å². The summed E-state index contributed by atoms with van der Waals surface area (Å²) in [5.41, 5.74) is 0.789. The number of rotatable bonds is 4. The molecular formula is C18H20N2O3. The zero-order chi connectivity index (χ0) is 16.2. The van der Waals surface area contributed by atoms with Crippen molar-refractivity contribution in [3.8, 4) is 5.75 Å². The second kappa shape index (κ2) is 6.69. The van der Waals surface area contributed by atoms with Gasteiger partial charge in [0.1, 0.15) is 5.75 Å². The Labute approximate surface area is 134 Å². The Morgan fingerprint density at radius 1 is 1.22 bits per heavy atom. The van der Waals surface area contributed by atoms with Gasteiger partial charge in [-0.2, -0.15) is 0 Å². The SMILES string of the molecule is Cn1ccc(C(=O)Nc2cccc(OC3CCCC3)c2)cc1=O. The number of nitrogens with one attached hydrogen (secondary N) is 1. The molecule has 1 aromatic heterocycles. The summed E-state index contributed by atoms with van der Waals surface area (Å²) in [7, 11) is 1.65. The summed E-state index contributed by atoms with van der Waals surface area (Å²) >= 11 is 0. The fourth-order valence-electron chi connectivity index (χ4n) is 2.74. The van der Waals surface area contributed by atoms with E-state index in [4.69, 9.17) is 4.74 Å². The number of aromatic nitrogens is 1. The number of amides is 1. The van der Waals surface area contributed by atoms with Gasteiger partial charge in [-0.3, -0.25) is 9.59 Å². The summed E-state index contributed by atoms with van der Waals surface area (Å²) in [6.45, 7) is 0. The van der Waals surface area contributed by atoms with Crippen molar-refractivity contribution in [3.05, 3.63) is 58.5 Å². The third-order valence-electron chi connectivity index (χ3n) is 4.06. The lowest BCUT2D eigenvalue weighted by Gasteiger charge is -2.14. The molecule has 0 unspecified atom stereocenters. The van der Waals surface area contributed by atoms with Gasteiger partial charge >= 0.3 is 0 Å². The van der Waals surface area contributed by atoms with E-state index in [1.54, 1.807) is 25.4 Å². The number of hydrogen-bond donors (Lipinski definition) is 1. The summed E-state index contributed by atoms with van der Waals surface area (Å²) in [4.78, 5) is 23.8. The van der Waals surface area contributed by atoms with Gasteiger partial charge in [0.2, 0.25) is 0 Å². The first kappa shape index (κ1) is 15.3. The molecule has 1 saturated carbocycles. The van der Waals surface area contributed by atoms with Crippen molar-refractivity contribution >= 4 is 11.6 Å². The molecule has 1 aliphatic rings. The van der Waals surface area contributed by atoms with E-state index in [2.05, 4.69) is 5.32 Å². The zero-order valence-electron chi connectivity index (χ0n) is 13.1. The van der Waals surface area contributed by atoms with Crippen LogP contribution in [0.1, 0.15) is 36.0 Å². The Kier molecular flexibility index (Phi) is 4.46. The third kappa shape index (κ3) is 3.80. The summed E-state index contributed by atoms with van der Waals surface area (Å²) in [6, 6.07) is 10.3. The monoisotopic (exact) mass is 312 g/mol. The number of anilines is 1. The Morgan fingerprint density at radius 3 is 2.74 bits per heavy atom. The predicted molar refractivity (Wildman–Crippen MR) is 89.0 cm³/mol. The van der Waals surface area contributed by atoms with Crippen LogP contribution in [0.2, 0.25) is 0 Å². The molecule has 120 valence electrons. The fraction of sp³-hybridized carbons (Fsp3) is 0.333. The van der Waals surface area contributed by atoms with Crippen molar-refractivity contribution in [2.24, 2.45) is 7.05 Å². The first-order chi connectivity index (χ1) is 11.1. The molecule has 0 saturated heterocycles. The average Bonchev–Trinajstić information content (AvgIpc) is 3.03. The van der Waals surface area contributed by atoms with E-state index < -0.39 is 0 Å². The lowest BCUT2D eigenvalue weighted by atomic mass is 10.2. The van der Waals surface area contributed by atoms with Crippen LogP contribution in [0.25, 0.3) is 0 Å². The lowest BCUT2D eigenvalue weighted by molar-refractivity contribution is 0.102. The maximum Gasteiger partial charge on any atom is 0.255 e. The Bertz CT molecular complexity index is 761. The molecule has 1 aromatic carbocycles. The smallest absolute Gasteiger partial charge is 0.255 e. The van der Waals surface area contributed by atoms with Crippen LogP contribution in [0.3, 0.4) is 0 Å². The fourth-order valence-corrected chi connectivity index (χ4v) is 2.74. The number of hydrogen-bond acceptors (Lipinski definition) is 3. The van der Waals surface area contributed by atoms with E-state index in [1.165, 1.54) is 23.5 Å². The maximum absolute atomic E-state index is 12.2. The minimum atomic E-state index is -0.305. The molecular weight excluding hydrogens is 292 g/mol. The molecule has 2 aromatic rings. The van der Waals surface area contributed by atoms with Gasteiger partial charge in [0, 0.05) is 36.6 Å². The van der Waals surface area contributed by atoms with E-state index in [1.807, 2.05) is 18.2 Å². The molecule has 3 rings (SSSR count). The van der Waals surface area contributed by atoms with E-state index in [-0.39, 0.29) is 17.6 Å². The van der Waals surface area contributed by atoms with Crippen molar-refractivity contribution in [3.63, 3.8) is 0 Å². The number of ether oxygens (including phenoxy) is 1. The standard InChI is InChI=1S/C18H20N2O3/c1-20-10-9-13(11-17(20)21)18(22)19-14-5-4-8-16(12-14)23-15-6-2-3-7-15/h4-5,8-12,15H,2-3,6-7H2,1H3,(H,19,22). The maximum atomic E-state index is 12.2. The summed E-state index contributed by atoms with van der Waals surface area (Å²) < 4.78 is 7.36. The van der Waals surface area contributed by atoms with Crippen molar-refractivity contribution in [2.75, 3.05) is 5.32 Å². The highest BCUT2D eigenvalue weighted by molar-refractivity contribution is 6.04. The van der Waals surface area contributed by atoms with E-state index in [9.17, 15) is 9.59 Å². The topological polar surface area (TPSA) is 60.3 Å². The first-order valence-corrected chi connectivity index (χ1v) is 7.86. The summed E-state index contributed by atoms with van der Waals surface area (Å²) in [5.74, 6) is 0.458. The van der Waals surface area contributed by atoms with Gasteiger partial charge in [-0.1, -0.05) is 6.07 Å². The quantitative estimate of drug-likeness (QED) is 0.944. The van der Waals surface area contributed by atoms with E-state index in [0.717, 1.165) is 18.6 Å². The van der Waals surface area contributed by atoms with Crippen LogP contribution < -0.4 is 15.6 Å². The molecule has 1 aliphatic carbocycles. The highest BCUT2D eigenvalue weighted by atomic mass is 16.5. The number of aryl methyl sites for hydroxylation is 1. The van der Waals surface area contributed by atoms with Crippen LogP contribution in [-0.4, -0.2) is 16.6 Å².